The van der Waals surface area contributed by atoms with Gasteiger partial charge >= 0.3 is 0 Å². The second-order valence-corrected chi connectivity index (χ2v) is 5.08. The first-order valence-corrected chi connectivity index (χ1v) is 6.91. The van der Waals surface area contributed by atoms with E-state index >= 15 is 0 Å². The summed E-state index contributed by atoms with van der Waals surface area (Å²) >= 11 is 0. The highest BCUT2D eigenvalue weighted by Gasteiger charge is 2.29. The SMILES string of the molecule is O=C(N[C@H]1CCCNC1)c1ncoc1C1CCCO1. The molecule has 1 amide bonds. The molecule has 2 aliphatic heterocycles. The lowest BCUT2D eigenvalue weighted by molar-refractivity contribution is 0.0849. The van der Waals surface area contributed by atoms with Crippen LogP contribution in [0.5, 0.6) is 0 Å². The minimum atomic E-state index is -0.159. The number of hydrogen-bond acceptors (Lipinski definition) is 5. The first-order chi connectivity index (χ1) is 9.34. The molecule has 104 valence electrons. The first-order valence-electron chi connectivity index (χ1n) is 6.91. The Morgan fingerprint density at radius 3 is 3.11 bits per heavy atom. The van der Waals surface area contributed by atoms with Crippen LogP contribution in [0.15, 0.2) is 10.8 Å². The summed E-state index contributed by atoms with van der Waals surface area (Å²) in [5.74, 6) is 0.409. The van der Waals surface area contributed by atoms with Gasteiger partial charge in [-0.1, -0.05) is 0 Å². The van der Waals surface area contributed by atoms with Gasteiger partial charge in [-0.3, -0.25) is 4.79 Å². The van der Waals surface area contributed by atoms with Crippen molar-refractivity contribution in [3.63, 3.8) is 0 Å². The zero-order valence-electron chi connectivity index (χ0n) is 10.9. The lowest BCUT2D eigenvalue weighted by Crippen LogP contribution is -2.45. The van der Waals surface area contributed by atoms with Gasteiger partial charge < -0.3 is 19.8 Å². The fraction of sp³-hybridized carbons (Fsp3) is 0.692. The van der Waals surface area contributed by atoms with Gasteiger partial charge in [-0.05, 0) is 32.2 Å². The third kappa shape index (κ3) is 2.79. The third-order valence-corrected chi connectivity index (χ3v) is 3.66. The Kier molecular flexibility index (Phi) is 3.79. The van der Waals surface area contributed by atoms with Crippen LogP contribution >= 0.6 is 0 Å². The number of amides is 1. The number of rotatable bonds is 3. The van der Waals surface area contributed by atoms with Gasteiger partial charge in [0.05, 0.1) is 0 Å². The number of ether oxygens (including phenoxy) is 1. The molecule has 3 heterocycles. The summed E-state index contributed by atoms with van der Waals surface area (Å²) in [6.07, 6.45) is 5.19. The van der Waals surface area contributed by atoms with E-state index in [1.165, 1.54) is 6.39 Å². The van der Waals surface area contributed by atoms with Crippen LogP contribution in [0, 0.1) is 0 Å². The standard InChI is InChI=1S/C13H19N3O3/c17-13(16-9-3-1-5-14-7-9)11-12(19-8-15-11)10-4-2-6-18-10/h8-10,14H,1-7H2,(H,16,17)/t9-,10?/m0/s1. The highest BCUT2D eigenvalue weighted by Crippen LogP contribution is 2.30. The molecular weight excluding hydrogens is 246 g/mol. The Balaban J connectivity index is 1.67. The summed E-state index contributed by atoms with van der Waals surface area (Å²) < 4.78 is 10.9. The summed E-state index contributed by atoms with van der Waals surface area (Å²) in [6.45, 7) is 2.56. The molecule has 0 aromatic carbocycles. The van der Waals surface area contributed by atoms with E-state index in [9.17, 15) is 4.79 Å². The van der Waals surface area contributed by atoms with Gasteiger partial charge in [-0.15, -0.1) is 0 Å². The summed E-state index contributed by atoms with van der Waals surface area (Å²) in [5.41, 5.74) is 0.373. The Morgan fingerprint density at radius 2 is 2.37 bits per heavy atom. The molecule has 6 heteroatoms. The predicted molar refractivity (Wildman–Crippen MR) is 67.8 cm³/mol. The zero-order chi connectivity index (χ0) is 13.1. The van der Waals surface area contributed by atoms with Crippen molar-refractivity contribution < 1.29 is 13.9 Å². The van der Waals surface area contributed by atoms with E-state index < -0.39 is 0 Å². The molecule has 6 nitrogen and oxygen atoms in total. The van der Waals surface area contributed by atoms with Crippen molar-refractivity contribution in [2.75, 3.05) is 19.7 Å². The number of oxazole rings is 1. The maximum absolute atomic E-state index is 12.2. The molecule has 0 bridgehead atoms. The molecule has 0 radical (unpaired) electrons. The Morgan fingerprint density at radius 1 is 1.42 bits per heavy atom. The molecule has 2 N–H and O–H groups in total. The van der Waals surface area contributed by atoms with E-state index in [0.29, 0.717) is 11.5 Å². The normalized spacial score (nSPS) is 27.4. The summed E-state index contributed by atoms with van der Waals surface area (Å²) in [4.78, 5) is 16.3. The van der Waals surface area contributed by atoms with Gasteiger partial charge in [0.1, 0.15) is 6.10 Å². The fourth-order valence-corrected chi connectivity index (χ4v) is 2.67. The Hall–Kier alpha value is -1.40. The predicted octanol–water partition coefficient (Wildman–Crippen LogP) is 1.01. The molecule has 2 saturated heterocycles. The van der Waals surface area contributed by atoms with E-state index in [2.05, 4.69) is 15.6 Å². The van der Waals surface area contributed by atoms with E-state index in [4.69, 9.17) is 9.15 Å². The third-order valence-electron chi connectivity index (χ3n) is 3.66. The molecule has 0 spiro atoms. The van der Waals surface area contributed by atoms with Crippen molar-refractivity contribution in [1.29, 1.82) is 0 Å². The molecular formula is C13H19N3O3. The molecule has 2 aliphatic rings. The quantitative estimate of drug-likeness (QED) is 0.853. The highest BCUT2D eigenvalue weighted by atomic mass is 16.5. The Bertz CT molecular complexity index is 434. The molecule has 2 fully saturated rings. The van der Waals surface area contributed by atoms with Crippen LogP contribution in [-0.4, -0.2) is 36.6 Å². The summed E-state index contributed by atoms with van der Waals surface area (Å²) in [7, 11) is 0. The summed E-state index contributed by atoms with van der Waals surface area (Å²) in [6, 6.07) is 0.176. The fourth-order valence-electron chi connectivity index (χ4n) is 2.67. The van der Waals surface area contributed by atoms with Gasteiger partial charge in [0.25, 0.3) is 5.91 Å². The molecule has 3 rings (SSSR count). The van der Waals surface area contributed by atoms with Crippen LogP contribution in [0.4, 0.5) is 0 Å². The number of hydrogen-bond donors (Lipinski definition) is 2. The molecule has 2 atom stereocenters. The van der Waals surface area contributed by atoms with Crippen molar-refractivity contribution in [1.82, 2.24) is 15.6 Å². The molecule has 1 unspecified atom stereocenters. The zero-order valence-corrected chi connectivity index (χ0v) is 10.9. The molecule has 19 heavy (non-hydrogen) atoms. The van der Waals surface area contributed by atoms with Crippen molar-refractivity contribution in [2.24, 2.45) is 0 Å². The number of nitrogens with zero attached hydrogens (tertiary/aromatic N) is 1. The van der Waals surface area contributed by atoms with Crippen molar-refractivity contribution in [3.8, 4) is 0 Å². The maximum Gasteiger partial charge on any atom is 0.273 e. The minimum absolute atomic E-state index is 0.118. The number of carbonyl (C=O) groups is 1. The average molecular weight is 265 g/mol. The summed E-state index contributed by atoms with van der Waals surface area (Å²) in [5, 5.41) is 6.28. The van der Waals surface area contributed by atoms with Gasteiger partial charge in [-0.2, -0.15) is 0 Å². The minimum Gasteiger partial charge on any atom is -0.445 e. The monoisotopic (exact) mass is 265 g/mol. The van der Waals surface area contributed by atoms with E-state index in [1.54, 1.807) is 0 Å². The van der Waals surface area contributed by atoms with Crippen LogP contribution in [0.3, 0.4) is 0 Å². The topological polar surface area (TPSA) is 76.4 Å². The number of aromatic nitrogens is 1. The first kappa shape index (κ1) is 12.6. The van der Waals surface area contributed by atoms with Crippen LogP contribution in [0.2, 0.25) is 0 Å². The number of carbonyl (C=O) groups excluding carboxylic acids is 1. The largest absolute Gasteiger partial charge is 0.445 e. The van der Waals surface area contributed by atoms with Crippen LogP contribution < -0.4 is 10.6 Å². The van der Waals surface area contributed by atoms with Crippen molar-refractivity contribution in [2.45, 2.75) is 37.8 Å². The highest BCUT2D eigenvalue weighted by molar-refractivity contribution is 5.93. The van der Waals surface area contributed by atoms with Gasteiger partial charge in [0, 0.05) is 19.2 Å². The van der Waals surface area contributed by atoms with Gasteiger partial charge in [0.2, 0.25) is 0 Å². The maximum atomic E-state index is 12.2. The second-order valence-electron chi connectivity index (χ2n) is 5.08. The van der Waals surface area contributed by atoms with Crippen LogP contribution in [0.25, 0.3) is 0 Å². The van der Waals surface area contributed by atoms with E-state index in [0.717, 1.165) is 45.4 Å². The van der Waals surface area contributed by atoms with Gasteiger partial charge in [-0.25, -0.2) is 4.98 Å². The van der Waals surface area contributed by atoms with E-state index in [-0.39, 0.29) is 18.1 Å². The average Bonchev–Trinajstić information content (AvgIpc) is 3.10. The second kappa shape index (κ2) is 5.71. The van der Waals surface area contributed by atoms with E-state index in [1.807, 2.05) is 0 Å². The van der Waals surface area contributed by atoms with Crippen molar-refractivity contribution in [3.05, 3.63) is 17.8 Å². The number of piperidine rings is 1. The Labute approximate surface area is 111 Å². The molecule has 1 aromatic rings. The lowest BCUT2D eigenvalue weighted by atomic mass is 10.1. The van der Waals surface area contributed by atoms with Crippen LogP contribution in [0.1, 0.15) is 48.0 Å². The smallest absolute Gasteiger partial charge is 0.273 e. The van der Waals surface area contributed by atoms with Gasteiger partial charge in [0.15, 0.2) is 17.8 Å². The molecule has 0 aliphatic carbocycles. The number of nitrogens with one attached hydrogen (secondary N) is 2. The lowest BCUT2D eigenvalue weighted by Gasteiger charge is -2.23. The molecule has 0 saturated carbocycles. The van der Waals surface area contributed by atoms with Crippen molar-refractivity contribution >= 4 is 5.91 Å². The van der Waals surface area contributed by atoms with Crippen LogP contribution in [-0.2, 0) is 4.74 Å². The molecule has 1 aromatic heterocycles.